The zero-order chi connectivity index (χ0) is 14.6. The molecule has 1 rings (SSSR count). The smallest absolute Gasteiger partial charge is 0.366 e. The molecule has 19 heavy (non-hydrogen) atoms. The lowest BCUT2D eigenvalue weighted by molar-refractivity contribution is -0.389. The van der Waals surface area contributed by atoms with Crippen molar-refractivity contribution in [2.24, 2.45) is 0 Å². The summed E-state index contributed by atoms with van der Waals surface area (Å²) in [6, 6.07) is 0.288. The van der Waals surface area contributed by atoms with Crippen molar-refractivity contribution in [3.05, 3.63) is 33.3 Å². The van der Waals surface area contributed by atoms with Crippen LogP contribution < -0.4 is 0 Å². The minimum absolute atomic E-state index is 0.000252. The predicted molar refractivity (Wildman–Crippen MR) is 56.1 cm³/mol. The number of aromatic nitrogens is 1. The second-order valence-electron chi connectivity index (χ2n) is 3.36. The molecule has 0 bridgehead atoms. The Kier molecular flexibility index (Phi) is 4.79. The average molecular weight is 278 g/mol. The number of hydrogen-bond donors (Lipinski definition) is 0. The van der Waals surface area contributed by atoms with E-state index in [1.165, 1.54) is 6.92 Å². The third-order valence-electron chi connectivity index (χ3n) is 2.10. The number of rotatable bonds is 5. The van der Waals surface area contributed by atoms with Gasteiger partial charge in [-0.2, -0.15) is 0 Å². The summed E-state index contributed by atoms with van der Waals surface area (Å²) in [7, 11) is 0. The van der Waals surface area contributed by atoms with E-state index in [-0.39, 0.29) is 12.7 Å². The summed E-state index contributed by atoms with van der Waals surface area (Å²) in [5.74, 6) is -3.34. The lowest BCUT2D eigenvalue weighted by Crippen LogP contribution is -2.13. The molecule has 0 aliphatic carbocycles. The first-order valence-corrected chi connectivity index (χ1v) is 5.14. The maximum absolute atomic E-state index is 13.4. The number of carbonyl (C=O) groups excluding carboxylic acids is 1. The SMILES string of the molecule is CCOC(=O)Cc1nc([N+](=O)[O-])cc(F)c1C(F)F. The topological polar surface area (TPSA) is 82.3 Å². The Morgan fingerprint density at radius 1 is 1.58 bits per heavy atom. The summed E-state index contributed by atoms with van der Waals surface area (Å²) in [6.45, 7) is 1.49. The summed E-state index contributed by atoms with van der Waals surface area (Å²) in [5.41, 5.74) is -1.82. The van der Waals surface area contributed by atoms with Crippen LogP contribution in [0.5, 0.6) is 0 Å². The summed E-state index contributed by atoms with van der Waals surface area (Å²) in [6.07, 6.45) is -4.00. The minimum Gasteiger partial charge on any atom is -0.466 e. The molecule has 0 spiro atoms. The summed E-state index contributed by atoms with van der Waals surface area (Å²) >= 11 is 0. The van der Waals surface area contributed by atoms with E-state index in [2.05, 4.69) is 9.72 Å². The van der Waals surface area contributed by atoms with Crippen LogP contribution in [0.4, 0.5) is 19.0 Å². The first-order valence-electron chi connectivity index (χ1n) is 5.14. The van der Waals surface area contributed by atoms with Crippen LogP contribution in [-0.4, -0.2) is 22.5 Å². The van der Waals surface area contributed by atoms with E-state index in [0.29, 0.717) is 0 Å². The fourth-order valence-corrected chi connectivity index (χ4v) is 1.37. The number of nitrogens with zero attached hydrogens (tertiary/aromatic N) is 2. The fourth-order valence-electron chi connectivity index (χ4n) is 1.37. The van der Waals surface area contributed by atoms with Gasteiger partial charge in [0.05, 0.1) is 12.7 Å². The van der Waals surface area contributed by atoms with Crippen LogP contribution in [-0.2, 0) is 16.0 Å². The largest absolute Gasteiger partial charge is 0.466 e. The zero-order valence-electron chi connectivity index (χ0n) is 9.73. The van der Waals surface area contributed by atoms with Crippen LogP contribution in [0.3, 0.4) is 0 Å². The van der Waals surface area contributed by atoms with Gasteiger partial charge < -0.3 is 14.9 Å². The Morgan fingerprint density at radius 2 is 2.21 bits per heavy atom. The van der Waals surface area contributed by atoms with Gasteiger partial charge in [-0.15, -0.1) is 0 Å². The number of nitro groups is 1. The van der Waals surface area contributed by atoms with Gasteiger partial charge in [-0.05, 0) is 16.8 Å². The zero-order valence-corrected chi connectivity index (χ0v) is 9.73. The third-order valence-corrected chi connectivity index (χ3v) is 2.10. The second-order valence-corrected chi connectivity index (χ2v) is 3.36. The van der Waals surface area contributed by atoms with Crippen molar-refractivity contribution >= 4 is 11.8 Å². The number of carbonyl (C=O) groups is 1. The molecule has 0 unspecified atom stereocenters. The van der Waals surface area contributed by atoms with Gasteiger partial charge in [-0.1, -0.05) is 0 Å². The monoisotopic (exact) mass is 278 g/mol. The lowest BCUT2D eigenvalue weighted by Gasteiger charge is -2.06. The van der Waals surface area contributed by atoms with Gasteiger partial charge in [0, 0.05) is 0 Å². The highest BCUT2D eigenvalue weighted by Gasteiger charge is 2.28. The molecular weight excluding hydrogens is 269 g/mol. The van der Waals surface area contributed by atoms with Crippen molar-refractivity contribution in [3.63, 3.8) is 0 Å². The Balaban J connectivity index is 3.24. The van der Waals surface area contributed by atoms with Gasteiger partial charge in [0.25, 0.3) is 6.43 Å². The fraction of sp³-hybridized carbons (Fsp3) is 0.400. The quantitative estimate of drug-likeness (QED) is 0.468. The molecule has 104 valence electrons. The van der Waals surface area contributed by atoms with Crippen molar-refractivity contribution in [2.45, 2.75) is 19.8 Å². The number of halogens is 3. The van der Waals surface area contributed by atoms with Crippen molar-refractivity contribution in [3.8, 4) is 0 Å². The lowest BCUT2D eigenvalue weighted by atomic mass is 10.1. The molecule has 0 saturated heterocycles. The molecule has 1 heterocycles. The van der Waals surface area contributed by atoms with Crippen molar-refractivity contribution in [1.29, 1.82) is 0 Å². The van der Waals surface area contributed by atoms with Crippen molar-refractivity contribution in [1.82, 2.24) is 4.98 Å². The van der Waals surface area contributed by atoms with E-state index in [0.717, 1.165) is 0 Å². The third kappa shape index (κ3) is 3.63. The van der Waals surface area contributed by atoms with Gasteiger partial charge in [0.2, 0.25) is 0 Å². The van der Waals surface area contributed by atoms with E-state index < -0.39 is 46.6 Å². The van der Waals surface area contributed by atoms with Gasteiger partial charge in [0.15, 0.2) is 5.69 Å². The van der Waals surface area contributed by atoms with Crippen LogP contribution in [0.2, 0.25) is 0 Å². The number of esters is 1. The molecule has 0 atom stereocenters. The van der Waals surface area contributed by atoms with Crippen molar-refractivity contribution < 1.29 is 27.6 Å². The highest BCUT2D eigenvalue weighted by molar-refractivity contribution is 5.72. The van der Waals surface area contributed by atoms with Crippen LogP contribution in [0, 0.1) is 15.9 Å². The first kappa shape index (κ1) is 14.9. The normalized spacial score (nSPS) is 10.6. The summed E-state index contributed by atoms with van der Waals surface area (Å²) in [5, 5.41) is 10.5. The van der Waals surface area contributed by atoms with Crippen LogP contribution in [0.25, 0.3) is 0 Å². The second kappa shape index (κ2) is 6.12. The molecule has 1 aromatic rings. The molecule has 0 amide bonds. The van der Waals surface area contributed by atoms with Crippen LogP contribution >= 0.6 is 0 Å². The summed E-state index contributed by atoms with van der Waals surface area (Å²) in [4.78, 5) is 23.9. The van der Waals surface area contributed by atoms with E-state index in [4.69, 9.17) is 0 Å². The molecule has 0 radical (unpaired) electrons. The number of alkyl halides is 2. The van der Waals surface area contributed by atoms with Crippen LogP contribution in [0.15, 0.2) is 6.07 Å². The maximum atomic E-state index is 13.4. The highest BCUT2D eigenvalue weighted by atomic mass is 19.3. The Labute approximate surface area is 105 Å². The average Bonchev–Trinajstić information content (AvgIpc) is 2.27. The molecule has 0 N–H and O–H groups in total. The molecule has 0 aromatic carbocycles. The molecular formula is C10H9F3N2O4. The molecule has 1 aromatic heterocycles. The summed E-state index contributed by atoms with van der Waals surface area (Å²) < 4.78 is 43.2. The molecule has 0 aliphatic heterocycles. The van der Waals surface area contributed by atoms with Gasteiger partial charge in [0.1, 0.15) is 17.8 Å². The first-order chi connectivity index (χ1) is 8.86. The van der Waals surface area contributed by atoms with Gasteiger partial charge >= 0.3 is 11.8 Å². The van der Waals surface area contributed by atoms with Crippen LogP contribution in [0.1, 0.15) is 24.6 Å². The molecule has 0 fully saturated rings. The van der Waals surface area contributed by atoms with E-state index >= 15 is 0 Å². The molecule has 6 nitrogen and oxygen atoms in total. The minimum atomic E-state index is -3.24. The number of pyridine rings is 1. The molecule has 0 saturated carbocycles. The predicted octanol–water partition coefficient (Wildman–Crippen LogP) is 2.17. The van der Waals surface area contributed by atoms with Gasteiger partial charge in [-0.25, -0.2) is 13.2 Å². The standard InChI is InChI=1S/C10H9F3N2O4/c1-2-19-8(16)4-6-9(10(12)13)5(11)3-7(14-6)15(17)18/h3,10H,2,4H2,1H3. The Bertz CT molecular complexity index is 508. The highest BCUT2D eigenvalue weighted by Crippen LogP contribution is 2.27. The number of ether oxygens (including phenoxy) is 1. The maximum Gasteiger partial charge on any atom is 0.366 e. The molecule has 0 aliphatic rings. The molecule has 9 heteroatoms. The Hall–Kier alpha value is -2.19. The van der Waals surface area contributed by atoms with E-state index in [9.17, 15) is 28.1 Å². The Morgan fingerprint density at radius 3 is 2.68 bits per heavy atom. The van der Waals surface area contributed by atoms with Crippen molar-refractivity contribution in [2.75, 3.05) is 6.61 Å². The number of hydrogen-bond acceptors (Lipinski definition) is 5. The van der Waals surface area contributed by atoms with E-state index in [1.54, 1.807) is 0 Å². The van der Waals surface area contributed by atoms with E-state index in [1.807, 2.05) is 0 Å². The van der Waals surface area contributed by atoms with Gasteiger partial charge in [-0.3, -0.25) is 4.79 Å².